The fourth-order valence-corrected chi connectivity index (χ4v) is 1.12. The average molecular weight is 254 g/mol. The van der Waals surface area contributed by atoms with Gasteiger partial charge in [-0.1, -0.05) is 24.4 Å². The highest BCUT2D eigenvalue weighted by Crippen LogP contribution is 1.98. The monoisotopic (exact) mass is 254 g/mol. The van der Waals surface area contributed by atoms with Crippen molar-refractivity contribution in [3.05, 3.63) is 0 Å². The van der Waals surface area contributed by atoms with Gasteiger partial charge in [0.05, 0.1) is 0 Å². The summed E-state index contributed by atoms with van der Waals surface area (Å²) in [6.45, 7) is 1.78. The molecule has 0 atom stereocenters. The average Bonchev–Trinajstić information content (AvgIpc) is 2.03. The molecule has 0 amide bonds. The van der Waals surface area contributed by atoms with E-state index in [1.807, 2.05) is 23.9 Å². The van der Waals surface area contributed by atoms with Crippen LogP contribution in [0.25, 0.3) is 0 Å². The van der Waals surface area contributed by atoms with E-state index in [0.717, 1.165) is 19.5 Å². The highest BCUT2D eigenvalue weighted by atomic mass is 32.1. The van der Waals surface area contributed by atoms with Gasteiger partial charge in [-0.3, -0.25) is 0 Å². The predicted octanol–water partition coefficient (Wildman–Crippen LogP) is 1.67. The molecular formula is C7H14N2S4. The van der Waals surface area contributed by atoms with E-state index in [1.54, 1.807) is 0 Å². The van der Waals surface area contributed by atoms with Crippen molar-refractivity contribution < 1.29 is 0 Å². The van der Waals surface area contributed by atoms with Crippen molar-refractivity contribution in [2.24, 2.45) is 0 Å². The minimum Gasteiger partial charge on any atom is -0.361 e. The zero-order chi connectivity index (χ0) is 10.4. The zero-order valence-corrected chi connectivity index (χ0v) is 11.1. The van der Waals surface area contributed by atoms with Crippen molar-refractivity contribution in [1.82, 2.24) is 9.80 Å². The van der Waals surface area contributed by atoms with Crippen LogP contribution in [0.4, 0.5) is 0 Å². The standard InChI is InChI=1S/C7H14N2S4/c1-8(6(10)11)4-3-5-9(2)7(12)13/h3-5H2,1-2H3,(H,10,11)(H,12,13). The third kappa shape index (κ3) is 6.54. The molecule has 2 nitrogen and oxygen atoms in total. The van der Waals surface area contributed by atoms with Gasteiger partial charge in [-0.2, -0.15) is 0 Å². The summed E-state index contributed by atoms with van der Waals surface area (Å²) in [5, 5.41) is 0. The van der Waals surface area contributed by atoms with Crippen LogP contribution >= 0.6 is 49.7 Å². The molecule has 0 bridgehead atoms. The molecule has 0 N–H and O–H groups in total. The Morgan fingerprint density at radius 2 is 1.31 bits per heavy atom. The van der Waals surface area contributed by atoms with Gasteiger partial charge in [0.2, 0.25) is 0 Å². The molecule has 0 saturated heterocycles. The van der Waals surface area contributed by atoms with Crippen LogP contribution in [0.15, 0.2) is 0 Å². The number of nitrogens with zero attached hydrogens (tertiary/aromatic N) is 2. The molecule has 0 aliphatic carbocycles. The third-order valence-electron chi connectivity index (χ3n) is 1.64. The lowest BCUT2D eigenvalue weighted by atomic mass is 10.4. The molecule has 6 heteroatoms. The smallest absolute Gasteiger partial charge is 0.133 e. The van der Waals surface area contributed by atoms with E-state index in [9.17, 15) is 0 Å². The van der Waals surface area contributed by atoms with Crippen molar-refractivity contribution in [1.29, 1.82) is 0 Å². The van der Waals surface area contributed by atoms with Crippen molar-refractivity contribution >= 4 is 58.3 Å². The van der Waals surface area contributed by atoms with E-state index in [0.29, 0.717) is 8.64 Å². The third-order valence-corrected chi connectivity index (χ3v) is 2.95. The maximum atomic E-state index is 4.88. The first-order valence-corrected chi connectivity index (χ1v) is 5.54. The lowest BCUT2D eigenvalue weighted by Crippen LogP contribution is -2.28. The summed E-state index contributed by atoms with van der Waals surface area (Å²) in [7, 11) is 3.85. The second kappa shape index (κ2) is 6.86. The quantitative estimate of drug-likeness (QED) is 0.582. The SMILES string of the molecule is CN(CCCN(C)C(=S)S)C(=S)S. The molecule has 0 saturated carbocycles. The number of rotatable bonds is 4. The van der Waals surface area contributed by atoms with Crippen molar-refractivity contribution in [3.8, 4) is 0 Å². The van der Waals surface area contributed by atoms with E-state index in [2.05, 4.69) is 25.3 Å². The molecule has 0 rings (SSSR count). The first kappa shape index (κ1) is 13.5. The Kier molecular flexibility index (Phi) is 7.12. The molecule has 0 aromatic heterocycles. The van der Waals surface area contributed by atoms with Gasteiger partial charge in [0.1, 0.15) is 8.64 Å². The number of hydrogen-bond donors (Lipinski definition) is 2. The molecule has 0 unspecified atom stereocenters. The fourth-order valence-electron chi connectivity index (χ4n) is 0.736. The second-order valence-electron chi connectivity index (χ2n) is 2.76. The summed E-state index contributed by atoms with van der Waals surface area (Å²) in [4.78, 5) is 3.85. The van der Waals surface area contributed by atoms with Gasteiger partial charge in [-0.15, -0.1) is 25.3 Å². The molecule has 0 aliphatic rings. The van der Waals surface area contributed by atoms with Gasteiger partial charge in [0.15, 0.2) is 0 Å². The molecule has 0 aromatic rings. The van der Waals surface area contributed by atoms with Crippen LogP contribution in [0, 0.1) is 0 Å². The Morgan fingerprint density at radius 1 is 1.00 bits per heavy atom. The highest BCUT2D eigenvalue weighted by Gasteiger charge is 2.01. The van der Waals surface area contributed by atoms with Gasteiger partial charge >= 0.3 is 0 Å². The van der Waals surface area contributed by atoms with Gasteiger partial charge in [-0.25, -0.2) is 0 Å². The molecule has 13 heavy (non-hydrogen) atoms. The van der Waals surface area contributed by atoms with E-state index in [4.69, 9.17) is 24.4 Å². The lowest BCUT2D eigenvalue weighted by Gasteiger charge is -2.20. The summed E-state index contributed by atoms with van der Waals surface area (Å²) in [5.41, 5.74) is 0. The Balaban J connectivity index is 3.56. The largest absolute Gasteiger partial charge is 0.361 e. The van der Waals surface area contributed by atoms with Crippen LogP contribution in [0.3, 0.4) is 0 Å². The van der Waals surface area contributed by atoms with E-state index < -0.39 is 0 Å². The van der Waals surface area contributed by atoms with Crippen LogP contribution in [0.5, 0.6) is 0 Å². The zero-order valence-electron chi connectivity index (χ0n) is 7.73. The predicted molar refractivity (Wildman–Crippen MR) is 73.0 cm³/mol. The maximum absolute atomic E-state index is 4.88. The number of hydrogen-bond acceptors (Lipinski definition) is 2. The van der Waals surface area contributed by atoms with Gasteiger partial charge in [0, 0.05) is 27.2 Å². The topological polar surface area (TPSA) is 6.48 Å². The highest BCUT2D eigenvalue weighted by molar-refractivity contribution is 8.11. The van der Waals surface area contributed by atoms with Gasteiger partial charge in [-0.05, 0) is 6.42 Å². The molecule has 0 aliphatic heterocycles. The first-order chi connectivity index (χ1) is 5.95. The van der Waals surface area contributed by atoms with Crippen LogP contribution in [-0.2, 0) is 0 Å². The molecule has 0 fully saturated rings. The number of thiol groups is 2. The lowest BCUT2D eigenvalue weighted by molar-refractivity contribution is 0.437. The second-order valence-corrected chi connectivity index (χ2v) is 4.99. The van der Waals surface area contributed by atoms with Crippen LogP contribution in [-0.4, -0.2) is 45.6 Å². The van der Waals surface area contributed by atoms with Crippen LogP contribution < -0.4 is 0 Å². The van der Waals surface area contributed by atoms with E-state index in [1.165, 1.54) is 0 Å². The maximum Gasteiger partial charge on any atom is 0.133 e. The molecule has 0 radical (unpaired) electrons. The summed E-state index contributed by atoms with van der Waals surface area (Å²) in [5.74, 6) is 0. The summed E-state index contributed by atoms with van der Waals surface area (Å²) in [6, 6.07) is 0. The summed E-state index contributed by atoms with van der Waals surface area (Å²) >= 11 is 17.9. The van der Waals surface area contributed by atoms with E-state index in [-0.39, 0.29) is 0 Å². The van der Waals surface area contributed by atoms with Gasteiger partial charge in [0.25, 0.3) is 0 Å². The Morgan fingerprint density at radius 3 is 1.54 bits per heavy atom. The molecular weight excluding hydrogens is 240 g/mol. The van der Waals surface area contributed by atoms with Crippen molar-refractivity contribution in [2.45, 2.75) is 6.42 Å². The van der Waals surface area contributed by atoms with Crippen molar-refractivity contribution in [2.75, 3.05) is 27.2 Å². The first-order valence-electron chi connectivity index (χ1n) is 3.83. The summed E-state index contributed by atoms with van der Waals surface area (Å²) < 4.78 is 1.24. The molecule has 0 spiro atoms. The molecule has 0 aromatic carbocycles. The number of thiocarbonyl (C=S) groups is 2. The minimum absolute atomic E-state index is 0.621. The summed E-state index contributed by atoms with van der Waals surface area (Å²) in [6.07, 6.45) is 0.994. The molecule has 76 valence electrons. The van der Waals surface area contributed by atoms with E-state index >= 15 is 0 Å². The minimum atomic E-state index is 0.621. The Labute approximate surface area is 101 Å². The normalized spacial score (nSPS) is 9.54. The Bertz CT molecular complexity index is 175. The fraction of sp³-hybridized carbons (Fsp3) is 0.714. The van der Waals surface area contributed by atoms with Crippen molar-refractivity contribution in [3.63, 3.8) is 0 Å². The van der Waals surface area contributed by atoms with Crippen LogP contribution in [0.2, 0.25) is 0 Å². The van der Waals surface area contributed by atoms with Gasteiger partial charge < -0.3 is 9.80 Å². The molecule has 0 heterocycles. The Hall–Kier alpha value is 0.480. The van der Waals surface area contributed by atoms with Crippen LogP contribution in [0.1, 0.15) is 6.42 Å².